The van der Waals surface area contributed by atoms with Crippen LogP contribution in [0.1, 0.15) is 30.4 Å². The van der Waals surface area contributed by atoms with Gasteiger partial charge in [-0.25, -0.2) is 9.78 Å². The molecule has 0 atom stereocenters. The third-order valence-electron chi connectivity index (χ3n) is 4.20. The number of ether oxygens (including phenoxy) is 1. The van der Waals surface area contributed by atoms with E-state index in [2.05, 4.69) is 15.2 Å². The van der Waals surface area contributed by atoms with Gasteiger partial charge in [-0.15, -0.1) is 22.7 Å². The van der Waals surface area contributed by atoms with Crippen molar-refractivity contribution >= 4 is 34.7 Å². The highest BCUT2D eigenvalue weighted by Gasteiger charge is 2.25. The van der Waals surface area contributed by atoms with Crippen molar-refractivity contribution in [3.8, 4) is 9.88 Å². The first-order valence-electron chi connectivity index (χ1n) is 9.30. The second-order valence-electron chi connectivity index (χ2n) is 7.57. The lowest BCUT2D eigenvalue weighted by Crippen LogP contribution is -2.51. The van der Waals surface area contributed by atoms with Crippen molar-refractivity contribution in [1.82, 2.24) is 20.1 Å². The number of thiazole rings is 1. The Morgan fingerprint density at radius 1 is 1.25 bits per heavy atom. The summed E-state index contributed by atoms with van der Waals surface area (Å²) in [4.78, 5) is 34.4. The Balaban J connectivity index is 1.38. The molecule has 0 aliphatic carbocycles. The van der Waals surface area contributed by atoms with E-state index in [4.69, 9.17) is 4.74 Å². The Kier molecular flexibility index (Phi) is 6.69. The Morgan fingerprint density at radius 3 is 2.64 bits per heavy atom. The quantitative estimate of drug-likeness (QED) is 0.801. The Bertz CT molecular complexity index is 790. The summed E-state index contributed by atoms with van der Waals surface area (Å²) >= 11 is 3.02. The minimum absolute atomic E-state index is 0.0901. The zero-order chi connectivity index (χ0) is 20.1. The molecule has 1 saturated heterocycles. The maximum absolute atomic E-state index is 12.3. The summed E-state index contributed by atoms with van der Waals surface area (Å²) in [5.74, 6) is -0.0901. The van der Waals surface area contributed by atoms with Crippen LogP contribution in [0.3, 0.4) is 0 Å². The summed E-state index contributed by atoms with van der Waals surface area (Å²) in [5.41, 5.74) is -0.474. The van der Waals surface area contributed by atoms with E-state index in [-0.39, 0.29) is 12.0 Å². The number of amides is 2. The summed E-state index contributed by atoms with van der Waals surface area (Å²) < 4.78 is 5.41. The van der Waals surface area contributed by atoms with Gasteiger partial charge in [-0.1, -0.05) is 6.07 Å². The van der Waals surface area contributed by atoms with Crippen LogP contribution in [0.15, 0.2) is 23.7 Å². The van der Waals surface area contributed by atoms with Crippen molar-refractivity contribution < 1.29 is 14.3 Å². The molecular weight excluding hydrogens is 396 g/mol. The highest BCUT2D eigenvalue weighted by molar-refractivity contribution is 7.21. The zero-order valence-electron chi connectivity index (χ0n) is 16.4. The number of hydrogen-bond donors (Lipinski definition) is 1. The van der Waals surface area contributed by atoms with Gasteiger partial charge in [0.2, 0.25) is 0 Å². The molecule has 0 bridgehead atoms. The monoisotopic (exact) mass is 422 g/mol. The molecule has 0 spiro atoms. The third-order valence-corrected chi connectivity index (χ3v) is 6.23. The van der Waals surface area contributed by atoms with Crippen LogP contribution >= 0.6 is 22.7 Å². The molecule has 9 heteroatoms. The molecule has 152 valence electrons. The molecule has 0 unspecified atom stereocenters. The number of piperazine rings is 1. The predicted molar refractivity (Wildman–Crippen MR) is 112 cm³/mol. The Hall–Kier alpha value is -1.97. The summed E-state index contributed by atoms with van der Waals surface area (Å²) in [7, 11) is 0. The molecule has 0 aromatic carbocycles. The zero-order valence-corrected chi connectivity index (χ0v) is 18.1. The van der Waals surface area contributed by atoms with Gasteiger partial charge in [0, 0.05) is 39.3 Å². The highest BCUT2D eigenvalue weighted by atomic mass is 32.1. The van der Waals surface area contributed by atoms with Crippen LogP contribution < -0.4 is 5.32 Å². The number of thiophene rings is 1. The molecule has 28 heavy (non-hydrogen) atoms. The van der Waals surface area contributed by atoms with Crippen LogP contribution in [0.25, 0.3) is 9.88 Å². The average molecular weight is 423 g/mol. The van der Waals surface area contributed by atoms with Gasteiger partial charge in [0.15, 0.2) is 0 Å². The number of carbonyl (C=O) groups is 2. The molecule has 2 amide bonds. The van der Waals surface area contributed by atoms with Crippen molar-refractivity contribution in [3.05, 3.63) is 28.6 Å². The number of carbonyl (C=O) groups excluding carboxylic acids is 2. The SMILES string of the molecule is CC(C)(C)OC(=O)N1CCN(CCNC(=O)c2cnc(-c3cccs3)s2)CC1. The minimum atomic E-state index is -0.474. The largest absolute Gasteiger partial charge is 0.444 e. The average Bonchev–Trinajstić information content (AvgIpc) is 3.32. The van der Waals surface area contributed by atoms with Gasteiger partial charge in [-0.3, -0.25) is 9.69 Å². The smallest absolute Gasteiger partial charge is 0.410 e. The fraction of sp³-hybridized carbons (Fsp3) is 0.526. The van der Waals surface area contributed by atoms with Crippen LogP contribution in [0.2, 0.25) is 0 Å². The van der Waals surface area contributed by atoms with Gasteiger partial charge in [0.1, 0.15) is 15.5 Å². The van der Waals surface area contributed by atoms with E-state index < -0.39 is 5.60 Å². The maximum Gasteiger partial charge on any atom is 0.410 e. The first-order chi connectivity index (χ1) is 13.3. The lowest BCUT2D eigenvalue weighted by molar-refractivity contribution is 0.0147. The second kappa shape index (κ2) is 9.02. The van der Waals surface area contributed by atoms with Crippen molar-refractivity contribution in [2.45, 2.75) is 26.4 Å². The molecule has 2 aromatic heterocycles. The maximum atomic E-state index is 12.3. The number of rotatable bonds is 5. The summed E-state index contributed by atoms with van der Waals surface area (Å²) in [6.07, 6.45) is 1.38. The van der Waals surface area contributed by atoms with E-state index in [9.17, 15) is 9.59 Å². The van der Waals surface area contributed by atoms with Gasteiger partial charge in [0.05, 0.1) is 11.1 Å². The molecule has 1 fully saturated rings. The van der Waals surface area contributed by atoms with E-state index in [1.54, 1.807) is 22.4 Å². The lowest BCUT2D eigenvalue weighted by Gasteiger charge is -2.35. The summed E-state index contributed by atoms with van der Waals surface area (Å²) in [5, 5.41) is 5.83. The van der Waals surface area contributed by atoms with Gasteiger partial charge in [-0.2, -0.15) is 0 Å². The molecule has 0 saturated carbocycles. The summed E-state index contributed by atoms with van der Waals surface area (Å²) in [6.45, 7) is 9.77. The van der Waals surface area contributed by atoms with Crippen LogP contribution in [0.4, 0.5) is 4.79 Å². The standard InChI is InChI=1S/C19H26N4O3S2/c1-19(2,3)26-18(25)23-10-8-22(9-11-23)7-6-20-16(24)15-13-21-17(28-15)14-5-4-12-27-14/h4-5,12-13H,6-11H2,1-3H3,(H,20,24). The normalized spacial score (nSPS) is 15.5. The van der Waals surface area contributed by atoms with Crippen molar-refractivity contribution in [2.75, 3.05) is 39.3 Å². The third kappa shape index (κ3) is 5.76. The van der Waals surface area contributed by atoms with Crippen LogP contribution in [-0.4, -0.2) is 71.7 Å². The number of hydrogen-bond acceptors (Lipinski definition) is 7. The predicted octanol–water partition coefficient (Wildman–Crippen LogP) is 3.15. The Labute approximate surface area is 173 Å². The lowest BCUT2D eigenvalue weighted by atomic mass is 10.2. The molecule has 0 radical (unpaired) electrons. The van der Waals surface area contributed by atoms with Crippen molar-refractivity contribution in [2.24, 2.45) is 0 Å². The number of nitrogens with one attached hydrogen (secondary N) is 1. The minimum Gasteiger partial charge on any atom is -0.444 e. The van der Waals surface area contributed by atoms with E-state index in [0.717, 1.165) is 29.5 Å². The first kappa shape index (κ1) is 20.8. The fourth-order valence-corrected chi connectivity index (χ4v) is 4.42. The molecule has 3 rings (SSSR count). The van der Waals surface area contributed by atoms with Crippen LogP contribution in [0, 0.1) is 0 Å². The number of nitrogens with zero attached hydrogens (tertiary/aromatic N) is 3. The van der Waals surface area contributed by atoms with E-state index in [0.29, 0.717) is 24.5 Å². The van der Waals surface area contributed by atoms with Gasteiger partial charge < -0.3 is 15.0 Å². The first-order valence-corrected chi connectivity index (χ1v) is 11.0. The number of aromatic nitrogens is 1. The molecule has 1 aliphatic heterocycles. The van der Waals surface area contributed by atoms with E-state index >= 15 is 0 Å². The van der Waals surface area contributed by atoms with E-state index in [1.807, 2.05) is 38.3 Å². The van der Waals surface area contributed by atoms with Crippen molar-refractivity contribution in [1.29, 1.82) is 0 Å². The molecular formula is C19H26N4O3S2. The van der Waals surface area contributed by atoms with Gasteiger partial charge in [-0.05, 0) is 32.2 Å². The topological polar surface area (TPSA) is 74.8 Å². The highest BCUT2D eigenvalue weighted by Crippen LogP contribution is 2.28. The molecule has 3 heterocycles. The van der Waals surface area contributed by atoms with Crippen molar-refractivity contribution in [3.63, 3.8) is 0 Å². The molecule has 7 nitrogen and oxygen atoms in total. The van der Waals surface area contributed by atoms with Crippen LogP contribution in [-0.2, 0) is 4.74 Å². The molecule has 1 N–H and O–H groups in total. The van der Waals surface area contributed by atoms with Gasteiger partial charge >= 0.3 is 6.09 Å². The fourth-order valence-electron chi connectivity index (χ4n) is 2.79. The second-order valence-corrected chi connectivity index (χ2v) is 9.55. The van der Waals surface area contributed by atoms with Crippen LogP contribution in [0.5, 0.6) is 0 Å². The Morgan fingerprint density at radius 2 is 2.00 bits per heavy atom. The summed E-state index contributed by atoms with van der Waals surface area (Å²) in [6, 6.07) is 3.98. The molecule has 2 aromatic rings. The molecule has 1 aliphatic rings. The van der Waals surface area contributed by atoms with E-state index in [1.165, 1.54) is 11.3 Å². The van der Waals surface area contributed by atoms with Gasteiger partial charge in [0.25, 0.3) is 5.91 Å².